The van der Waals surface area contributed by atoms with Gasteiger partial charge in [0.15, 0.2) is 0 Å². The standard InChI is InChI=1S/C14H16O2/c1-10-3-5-12(6-4-10)9-14(15)13-7-8-16-11(13)2/h3-8,14-15H,9H2,1-2H3. The highest BCUT2D eigenvalue weighted by atomic mass is 16.3. The molecule has 0 aliphatic carbocycles. The first-order valence-electron chi connectivity index (χ1n) is 5.44. The minimum Gasteiger partial charge on any atom is -0.469 e. The number of aliphatic hydroxyl groups excluding tert-OH is 1. The molecule has 1 unspecified atom stereocenters. The van der Waals surface area contributed by atoms with Gasteiger partial charge in [0.25, 0.3) is 0 Å². The van der Waals surface area contributed by atoms with E-state index in [2.05, 4.69) is 19.1 Å². The summed E-state index contributed by atoms with van der Waals surface area (Å²) in [6, 6.07) is 10.0. The summed E-state index contributed by atoms with van der Waals surface area (Å²) in [6.45, 7) is 3.92. The van der Waals surface area contributed by atoms with Crippen molar-refractivity contribution in [2.45, 2.75) is 26.4 Å². The molecule has 16 heavy (non-hydrogen) atoms. The van der Waals surface area contributed by atoms with E-state index in [0.717, 1.165) is 16.9 Å². The summed E-state index contributed by atoms with van der Waals surface area (Å²) < 4.78 is 5.18. The van der Waals surface area contributed by atoms with Crippen LogP contribution in [0.2, 0.25) is 0 Å². The molecule has 0 aliphatic rings. The fraction of sp³-hybridized carbons (Fsp3) is 0.286. The van der Waals surface area contributed by atoms with Crippen molar-refractivity contribution in [3.63, 3.8) is 0 Å². The Hall–Kier alpha value is -1.54. The number of hydrogen-bond donors (Lipinski definition) is 1. The Morgan fingerprint density at radius 2 is 1.81 bits per heavy atom. The first-order valence-corrected chi connectivity index (χ1v) is 5.44. The van der Waals surface area contributed by atoms with Crippen molar-refractivity contribution in [3.05, 3.63) is 59.0 Å². The molecular formula is C14H16O2. The fourth-order valence-electron chi connectivity index (χ4n) is 1.80. The minimum absolute atomic E-state index is 0.485. The third-order valence-corrected chi connectivity index (χ3v) is 2.81. The molecule has 1 heterocycles. The van der Waals surface area contributed by atoms with Gasteiger partial charge in [-0.1, -0.05) is 29.8 Å². The predicted molar refractivity (Wildman–Crippen MR) is 63.3 cm³/mol. The second-order valence-electron chi connectivity index (χ2n) is 4.14. The molecule has 2 nitrogen and oxygen atoms in total. The normalized spacial score (nSPS) is 12.7. The molecule has 2 rings (SSSR count). The number of aliphatic hydroxyl groups is 1. The first kappa shape index (κ1) is 11.0. The van der Waals surface area contributed by atoms with E-state index in [1.807, 2.05) is 25.1 Å². The smallest absolute Gasteiger partial charge is 0.106 e. The van der Waals surface area contributed by atoms with Crippen molar-refractivity contribution in [3.8, 4) is 0 Å². The van der Waals surface area contributed by atoms with Gasteiger partial charge in [0.1, 0.15) is 5.76 Å². The van der Waals surface area contributed by atoms with Crippen LogP contribution in [0, 0.1) is 13.8 Å². The molecule has 0 bridgehead atoms. The van der Waals surface area contributed by atoms with Gasteiger partial charge in [-0.3, -0.25) is 0 Å². The van der Waals surface area contributed by atoms with Crippen molar-refractivity contribution < 1.29 is 9.52 Å². The SMILES string of the molecule is Cc1ccc(CC(O)c2ccoc2C)cc1. The van der Waals surface area contributed by atoms with E-state index in [0.29, 0.717) is 6.42 Å². The van der Waals surface area contributed by atoms with Gasteiger partial charge in [0.2, 0.25) is 0 Å². The molecule has 2 heteroatoms. The quantitative estimate of drug-likeness (QED) is 0.854. The van der Waals surface area contributed by atoms with Crippen LogP contribution in [0.25, 0.3) is 0 Å². The lowest BCUT2D eigenvalue weighted by Gasteiger charge is -2.09. The summed E-state index contributed by atoms with van der Waals surface area (Å²) in [5, 5.41) is 10.1. The van der Waals surface area contributed by atoms with Crippen molar-refractivity contribution in [2.24, 2.45) is 0 Å². The molecule has 0 amide bonds. The van der Waals surface area contributed by atoms with E-state index in [1.165, 1.54) is 5.56 Å². The third kappa shape index (κ3) is 2.34. The van der Waals surface area contributed by atoms with E-state index in [9.17, 15) is 5.11 Å². The molecule has 1 aromatic carbocycles. The van der Waals surface area contributed by atoms with Gasteiger partial charge in [0, 0.05) is 12.0 Å². The van der Waals surface area contributed by atoms with Gasteiger partial charge in [-0.2, -0.15) is 0 Å². The maximum absolute atomic E-state index is 10.1. The monoisotopic (exact) mass is 216 g/mol. The van der Waals surface area contributed by atoms with Crippen LogP contribution >= 0.6 is 0 Å². The number of hydrogen-bond acceptors (Lipinski definition) is 2. The lowest BCUT2D eigenvalue weighted by molar-refractivity contribution is 0.176. The first-order chi connectivity index (χ1) is 7.66. The molecule has 0 saturated carbocycles. The van der Waals surface area contributed by atoms with Crippen molar-refractivity contribution in [2.75, 3.05) is 0 Å². The number of furan rings is 1. The Morgan fingerprint density at radius 1 is 1.12 bits per heavy atom. The van der Waals surface area contributed by atoms with Crippen LogP contribution in [0.15, 0.2) is 41.0 Å². The Bertz CT molecular complexity index is 454. The molecule has 84 valence electrons. The predicted octanol–water partition coefficient (Wildman–Crippen LogP) is 3.17. The molecule has 1 atom stereocenters. The molecule has 0 aliphatic heterocycles. The van der Waals surface area contributed by atoms with Gasteiger partial charge in [-0.15, -0.1) is 0 Å². The third-order valence-electron chi connectivity index (χ3n) is 2.81. The molecule has 2 aromatic rings. The van der Waals surface area contributed by atoms with Crippen LogP contribution in [-0.4, -0.2) is 5.11 Å². The number of benzene rings is 1. The molecule has 1 N–H and O–H groups in total. The van der Waals surface area contributed by atoms with Crippen LogP contribution in [0.4, 0.5) is 0 Å². The zero-order chi connectivity index (χ0) is 11.5. The maximum atomic E-state index is 10.1. The van der Waals surface area contributed by atoms with Gasteiger partial charge in [0.05, 0.1) is 12.4 Å². The van der Waals surface area contributed by atoms with E-state index in [-0.39, 0.29) is 0 Å². The molecule has 1 aromatic heterocycles. The van der Waals surface area contributed by atoms with Gasteiger partial charge >= 0.3 is 0 Å². The zero-order valence-electron chi connectivity index (χ0n) is 9.60. The summed E-state index contributed by atoms with van der Waals surface area (Å²) >= 11 is 0. The highest BCUT2D eigenvalue weighted by Gasteiger charge is 2.12. The summed E-state index contributed by atoms with van der Waals surface area (Å²) in [6.07, 6.45) is 1.76. The molecular weight excluding hydrogens is 200 g/mol. The highest BCUT2D eigenvalue weighted by Crippen LogP contribution is 2.22. The van der Waals surface area contributed by atoms with Crippen molar-refractivity contribution >= 4 is 0 Å². The Kier molecular flexibility index (Phi) is 3.11. The summed E-state index contributed by atoms with van der Waals surface area (Å²) in [5.74, 6) is 0.791. The second-order valence-corrected chi connectivity index (χ2v) is 4.14. The largest absolute Gasteiger partial charge is 0.469 e. The van der Waals surface area contributed by atoms with Gasteiger partial charge in [-0.05, 0) is 25.5 Å². The van der Waals surface area contributed by atoms with Crippen molar-refractivity contribution in [1.29, 1.82) is 0 Å². The van der Waals surface area contributed by atoms with Crippen LogP contribution in [0.5, 0.6) is 0 Å². The van der Waals surface area contributed by atoms with E-state index in [4.69, 9.17) is 4.42 Å². The molecule has 0 fully saturated rings. The average molecular weight is 216 g/mol. The second kappa shape index (κ2) is 4.54. The number of rotatable bonds is 3. The Labute approximate surface area is 95.5 Å². The van der Waals surface area contributed by atoms with Crippen LogP contribution in [0.1, 0.15) is 28.6 Å². The van der Waals surface area contributed by atoms with Gasteiger partial charge < -0.3 is 9.52 Å². The number of aryl methyl sites for hydroxylation is 2. The average Bonchev–Trinajstić information content (AvgIpc) is 2.68. The van der Waals surface area contributed by atoms with Crippen molar-refractivity contribution in [1.82, 2.24) is 0 Å². The Balaban J connectivity index is 2.10. The maximum Gasteiger partial charge on any atom is 0.106 e. The topological polar surface area (TPSA) is 33.4 Å². The highest BCUT2D eigenvalue weighted by molar-refractivity contribution is 5.25. The summed E-state index contributed by atoms with van der Waals surface area (Å²) in [7, 11) is 0. The minimum atomic E-state index is -0.485. The summed E-state index contributed by atoms with van der Waals surface area (Å²) in [4.78, 5) is 0. The van der Waals surface area contributed by atoms with Crippen LogP contribution in [0.3, 0.4) is 0 Å². The zero-order valence-corrected chi connectivity index (χ0v) is 9.60. The van der Waals surface area contributed by atoms with Crippen LogP contribution in [-0.2, 0) is 6.42 Å². The summed E-state index contributed by atoms with van der Waals surface area (Å²) in [5.41, 5.74) is 3.25. The molecule has 0 saturated heterocycles. The van der Waals surface area contributed by atoms with Crippen LogP contribution < -0.4 is 0 Å². The van der Waals surface area contributed by atoms with E-state index < -0.39 is 6.10 Å². The lowest BCUT2D eigenvalue weighted by Crippen LogP contribution is -2.01. The fourth-order valence-corrected chi connectivity index (χ4v) is 1.80. The van der Waals surface area contributed by atoms with E-state index in [1.54, 1.807) is 6.26 Å². The van der Waals surface area contributed by atoms with E-state index >= 15 is 0 Å². The van der Waals surface area contributed by atoms with Gasteiger partial charge in [-0.25, -0.2) is 0 Å². The Morgan fingerprint density at radius 3 is 2.38 bits per heavy atom. The molecule has 0 spiro atoms. The molecule has 0 radical (unpaired) electrons. The lowest BCUT2D eigenvalue weighted by atomic mass is 10.0.